The molecule has 13 nitrogen and oxygen atoms in total. The van der Waals surface area contributed by atoms with Crippen LogP contribution in [-0.4, -0.2) is 92.8 Å². The van der Waals surface area contributed by atoms with Gasteiger partial charge in [-0.15, -0.1) is 0 Å². The van der Waals surface area contributed by atoms with E-state index >= 15 is 0 Å². The number of allylic oxidation sites excluding steroid dienone is 1. The average molecular weight is 595 g/mol. The number of phenols is 3. The highest BCUT2D eigenvalue weighted by Crippen LogP contribution is 2.54. The number of nitrogens with zero attached hydrogens (tertiary/aromatic N) is 2. The predicted octanol–water partition coefficient (Wildman–Crippen LogP) is 1.21. The van der Waals surface area contributed by atoms with Crippen LogP contribution < -0.4 is 16.0 Å². The fraction of sp³-hybridized carbons (Fsp3) is 0.367. The molecule has 2 aromatic carbocycles. The Bertz CT molecular complexity index is 1640. The molecule has 5 rings (SSSR count). The molecule has 0 fully saturated rings. The SMILES string of the molecule is CN(C)c1cc(NCc2ccc(O)c(O)c2)c(O)c2c1C[C@H]1C[C@H]3[C@H](N(C)C)C(O)=C(C(N)=O)C(=O)[C@]3(O)C(O)=C1C2=O. The van der Waals surface area contributed by atoms with Gasteiger partial charge in [-0.2, -0.15) is 0 Å². The van der Waals surface area contributed by atoms with Gasteiger partial charge in [0.2, 0.25) is 5.78 Å². The number of aliphatic hydroxyl groups is 3. The molecule has 0 heterocycles. The third kappa shape index (κ3) is 4.34. The maximum Gasteiger partial charge on any atom is 0.255 e. The lowest BCUT2D eigenvalue weighted by atomic mass is 9.58. The van der Waals surface area contributed by atoms with Gasteiger partial charge in [0, 0.05) is 37.8 Å². The summed E-state index contributed by atoms with van der Waals surface area (Å²) in [5, 5.41) is 68.0. The fourth-order valence-electron chi connectivity index (χ4n) is 6.71. The van der Waals surface area contributed by atoms with Crippen molar-refractivity contribution >= 4 is 28.8 Å². The third-order valence-electron chi connectivity index (χ3n) is 8.70. The summed E-state index contributed by atoms with van der Waals surface area (Å²) in [6.45, 7) is 0.103. The van der Waals surface area contributed by atoms with Crippen molar-refractivity contribution in [2.24, 2.45) is 17.6 Å². The van der Waals surface area contributed by atoms with Gasteiger partial charge in [-0.1, -0.05) is 6.07 Å². The summed E-state index contributed by atoms with van der Waals surface area (Å²) in [6, 6.07) is 4.82. The van der Waals surface area contributed by atoms with E-state index in [1.165, 1.54) is 17.0 Å². The molecule has 9 N–H and O–H groups in total. The van der Waals surface area contributed by atoms with Crippen LogP contribution in [0.5, 0.6) is 17.2 Å². The number of primary amides is 1. The van der Waals surface area contributed by atoms with Crippen molar-refractivity contribution in [3.63, 3.8) is 0 Å². The summed E-state index contributed by atoms with van der Waals surface area (Å²) in [6.07, 6.45) is 0.144. The number of carbonyl (C=O) groups excluding carboxylic acids is 3. The Balaban J connectivity index is 1.64. The highest BCUT2D eigenvalue weighted by molar-refractivity contribution is 6.25. The number of rotatable bonds is 6. The highest BCUT2D eigenvalue weighted by Gasteiger charge is 2.63. The molecule has 0 saturated carbocycles. The van der Waals surface area contributed by atoms with E-state index in [-0.39, 0.29) is 47.7 Å². The number of nitrogens with two attached hydrogens (primary N) is 1. The summed E-state index contributed by atoms with van der Waals surface area (Å²) in [4.78, 5) is 43.0. The van der Waals surface area contributed by atoms with Crippen molar-refractivity contribution in [1.29, 1.82) is 0 Å². The normalized spacial score (nSPS) is 24.9. The summed E-state index contributed by atoms with van der Waals surface area (Å²) in [5.74, 6) is -7.77. The van der Waals surface area contributed by atoms with Crippen molar-refractivity contribution in [1.82, 2.24) is 4.90 Å². The monoisotopic (exact) mass is 594 g/mol. The van der Waals surface area contributed by atoms with Gasteiger partial charge >= 0.3 is 0 Å². The number of anilines is 2. The standard InChI is InChI=1S/C30H34N4O9/c1-33(2)17-10-16(32-11-12-5-6-18(35)19(36)7-12)24(37)21-14(17)8-13-9-15-23(34(3)4)26(39)22(29(31)42)28(41)30(15,43)27(40)20(13)25(21)38/h5-7,10,13,15,23,32,35-37,39-40,43H,8-9,11H2,1-4H3,(H2,31,42)/t13-,15-,23-,30+/m0/s1. The van der Waals surface area contributed by atoms with Crippen LogP contribution in [0.1, 0.15) is 27.9 Å². The zero-order valence-corrected chi connectivity index (χ0v) is 24.0. The lowest BCUT2D eigenvalue weighted by Crippen LogP contribution is -2.63. The molecule has 4 atom stereocenters. The second-order valence-electron chi connectivity index (χ2n) is 11.7. The molecular weight excluding hydrogens is 560 g/mol. The van der Waals surface area contributed by atoms with Crippen LogP contribution in [0.2, 0.25) is 0 Å². The first-order chi connectivity index (χ1) is 20.1. The van der Waals surface area contributed by atoms with Gasteiger partial charge in [0.15, 0.2) is 22.9 Å². The summed E-state index contributed by atoms with van der Waals surface area (Å²) in [7, 11) is 6.67. The number of fused-ring (bicyclic) bond motifs is 3. The number of ketones is 2. The van der Waals surface area contributed by atoms with Crippen LogP contribution >= 0.6 is 0 Å². The molecule has 228 valence electrons. The van der Waals surface area contributed by atoms with Gasteiger partial charge in [-0.05, 0) is 62.2 Å². The molecular formula is C30H34N4O9. The van der Waals surface area contributed by atoms with Gasteiger partial charge in [0.25, 0.3) is 5.91 Å². The molecule has 3 aliphatic rings. The van der Waals surface area contributed by atoms with Crippen molar-refractivity contribution in [2.45, 2.75) is 31.0 Å². The van der Waals surface area contributed by atoms with E-state index in [1.54, 1.807) is 45.2 Å². The minimum absolute atomic E-state index is 0.0102. The molecule has 0 bridgehead atoms. The number of carbonyl (C=O) groups is 3. The van der Waals surface area contributed by atoms with Crippen LogP contribution in [0.25, 0.3) is 0 Å². The Morgan fingerprint density at radius 1 is 1.05 bits per heavy atom. The molecule has 0 aliphatic heterocycles. The fourth-order valence-corrected chi connectivity index (χ4v) is 6.71. The maximum atomic E-state index is 14.1. The Hall–Kier alpha value is -4.75. The van der Waals surface area contributed by atoms with Gasteiger partial charge in [0.1, 0.15) is 22.8 Å². The molecule has 3 aliphatic carbocycles. The van der Waals surface area contributed by atoms with Crippen LogP contribution in [0.4, 0.5) is 11.4 Å². The molecule has 0 spiro atoms. The topological polar surface area (TPSA) is 217 Å². The van der Waals surface area contributed by atoms with E-state index < -0.39 is 63.8 Å². The van der Waals surface area contributed by atoms with Crippen molar-refractivity contribution in [3.8, 4) is 17.2 Å². The Morgan fingerprint density at radius 2 is 1.72 bits per heavy atom. The molecule has 0 radical (unpaired) electrons. The maximum absolute atomic E-state index is 14.1. The lowest BCUT2D eigenvalue weighted by Gasteiger charge is -2.50. The number of phenolic OH excluding ortho intramolecular Hbond substituents is 3. The number of hydrogen-bond acceptors (Lipinski definition) is 12. The van der Waals surface area contributed by atoms with E-state index in [0.717, 1.165) is 0 Å². The van der Waals surface area contributed by atoms with Crippen LogP contribution in [0.15, 0.2) is 46.9 Å². The third-order valence-corrected chi connectivity index (χ3v) is 8.70. The molecule has 43 heavy (non-hydrogen) atoms. The minimum Gasteiger partial charge on any atom is -0.510 e. The number of aromatic hydroxyl groups is 3. The number of hydrogen-bond donors (Lipinski definition) is 8. The summed E-state index contributed by atoms with van der Waals surface area (Å²) < 4.78 is 0. The number of likely N-dealkylation sites (N-methyl/N-ethyl adjacent to an activating group) is 1. The van der Waals surface area contributed by atoms with Crippen LogP contribution in [0, 0.1) is 11.8 Å². The molecule has 2 aromatic rings. The first-order valence-electron chi connectivity index (χ1n) is 13.6. The number of Topliss-reactive ketones (excluding diaryl/α,β-unsaturated/α-hetero) is 2. The largest absolute Gasteiger partial charge is 0.510 e. The summed E-state index contributed by atoms with van der Waals surface area (Å²) in [5.41, 5.74) is 3.25. The average Bonchev–Trinajstić information content (AvgIpc) is 2.91. The molecule has 0 saturated heterocycles. The Kier molecular flexibility index (Phi) is 7.06. The van der Waals surface area contributed by atoms with E-state index in [0.29, 0.717) is 16.8 Å². The minimum atomic E-state index is -2.72. The second kappa shape index (κ2) is 10.2. The van der Waals surface area contributed by atoms with E-state index in [1.807, 2.05) is 0 Å². The molecule has 13 heteroatoms. The number of nitrogens with one attached hydrogen (secondary N) is 1. The zero-order valence-electron chi connectivity index (χ0n) is 24.0. The number of amides is 1. The zero-order chi connectivity index (χ0) is 31.7. The predicted molar refractivity (Wildman–Crippen MR) is 155 cm³/mol. The summed E-state index contributed by atoms with van der Waals surface area (Å²) >= 11 is 0. The number of benzene rings is 2. The van der Waals surface area contributed by atoms with Crippen molar-refractivity contribution in [2.75, 3.05) is 38.4 Å². The molecule has 0 unspecified atom stereocenters. The van der Waals surface area contributed by atoms with Gasteiger partial charge in [-0.25, -0.2) is 0 Å². The smallest absolute Gasteiger partial charge is 0.255 e. The van der Waals surface area contributed by atoms with Gasteiger partial charge < -0.3 is 46.6 Å². The van der Waals surface area contributed by atoms with Crippen LogP contribution in [-0.2, 0) is 22.6 Å². The number of aliphatic hydroxyl groups excluding tert-OH is 2. The van der Waals surface area contributed by atoms with E-state index in [2.05, 4.69) is 5.32 Å². The second-order valence-corrected chi connectivity index (χ2v) is 11.7. The van der Waals surface area contributed by atoms with Gasteiger partial charge in [-0.3, -0.25) is 19.3 Å². The first-order valence-corrected chi connectivity index (χ1v) is 13.6. The lowest BCUT2D eigenvalue weighted by molar-refractivity contribution is -0.148. The quantitative estimate of drug-likeness (QED) is 0.175. The van der Waals surface area contributed by atoms with Crippen molar-refractivity contribution in [3.05, 3.63) is 63.6 Å². The molecule has 1 amide bonds. The first kappa shape index (κ1) is 29.7. The molecule has 0 aromatic heterocycles. The Labute approximate surface area is 246 Å². The Morgan fingerprint density at radius 3 is 2.30 bits per heavy atom. The van der Waals surface area contributed by atoms with Crippen LogP contribution in [0.3, 0.4) is 0 Å². The van der Waals surface area contributed by atoms with E-state index in [4.69, 9.17) is 5.73 Å². The van der Waals surface area contributed by atoms with Crippen molar-refractivity contribution < 1.29 is 45.0 Å². The highest BCUT2D eigenvalue weighted by atomic mass is 16.3. The van der Waals surface area contributed by atoms with Gasteiger partial charge in [0.05, 0.1) is 17.3 Å². The van der Waals surface area contributed by atoms with E-state index in [9.17, 15) is 45.0 Å².